The molecule has 1 amide bonds. The second-order valence-electron chi connectivity index (χ2n) is 4.85. The third kappa shape index (κ3) is 2.66. The topological polar surface area (TPSA) is 86.6 Å². The van der Waals surface area contributed by atoms with Gasteiger partial charge in [-0.1, -0.05) is 11.6 Å². The molecule has 0 bridgehead atoms. The first kappa shape index (κ1) is 13.7. The molecule has 1 aliphatic rings. The normalized spacial score (nSPS) is 15.9. The lowest BCUT2D eigenvalue weighted by Crippen LogP contribution is -2.18. The Morgan fingerprint density at radius 1 is 1.42 bits per heavy atom. The molecule has 1 aliphatic carbocycles. The Balaban J connectivity index is 2.52. The summed E-state index contributed by atoms with van der Waals surface area (Å²) in [5.41, 5.74) is 0.157. The average Bonchev–Trinajstić information content (AvgIpc) is 3.02. The van der Waals surface area contributed by atoms with Crippen LogP contribution >= 0.6 is 11.6 Å². The summed E-state index contributed by atoms with van der Waals surface area (Å²) in [5.74, 6) is -1.37. The maximum atomic E-state index is 11.2. The number of hydrogen-bond donors (Lipinski definition) is 3. The predicted molar refractivity (Wildman–Crippen MR) is 70.6 cm³/mol. The smallest absolute Gasteiger partial charge is 0.304 e. The monoisotopic (exact) mass is 283 g/mol. The fraction of sp³-hybridized carbons (Fsp3) is 0.385. The fourth-order valence-electron chi connectivity index (χ4n) is 2.34. The van der Waals surface area contributed by atoms with E-state index in [0.29, 0.717) is 23.4 Å². The van der Waals surface area contributed by atoms with Gasteiger partial charge in [-0.05, 0) is 25.0 Å². The summed E-state index contributed by atoms with van der Waals surface area (Å²) in [6.45, 7) is 1.32. The number of rotatable bonds is 4. The van der Waals surface area contributed by atoms with Crippen molar-refractivity contribution < 1.29 is 19.8 Å². The standard InChI is InChI=1S/C13H14ClNO4/c1-7(16)15-12-9(17)3-2-8(14)11(12)13(4-5-13)6-10(18)19/h2-3,17H,4-6H2,1H3,(H,15,16)(H,18,19). The lowest BCUT2D eigenvalue weighted by Gasteiger charge is -2.20. The molecular weight excluding hydrogens is 270 g/mol. The highest BCUT2D eigenvalue weighted by atomic mass is 35.5. The summed E-state index contributed by atoms with van der Waals surface area (Å²) in [6.07, 6.45) is 1.28. The summed E-state index contributed by atoms with van der Waals surface area (Å²) in [6, 6.07) is 2.90. The van der Waals surface area contributed by atoms with E-state index in [4.69, 9.17) is 16.7 Å². The molecule has 0 heterocycles. The van der Waals surface area contributed by atoms with Crippen molar-refractivity contribution in [2.45, 2.75) is 31.6 Å². The molecular formula is C13H14ClNO4. The number of nitrogens with one attached hydrogen (secondary N) is 1. The van der Waals surface area contributed by atoms with Crippen LogP contribution in [0.4, 0.5) is 5.69 Å². The Hall–Kier alpha value is -1.75. The molecule has 102 valence electrons. The van der Waals surface area contributed by atoms with Crippen molar-refractivity contribution in [2.24, 2.45) is 0 Å². The van der Waals surface area contributed by atoms with E-state index in [1.165, 1.54) is 19.1 Å². The molecule has 0 aromatic heterocycles. The largest absolute Gasteiger partial charge is 0.506 e. The molecule has 0 unspecified atom stereocenters. The van der Waals surface area contributed by atoms with Crippen molar-refractivity contribution in [3.05, 3.63) is 22.7 Å². The summed E-state index contributed by atoms with van der Waals surface area (Å²) < 4.78 is 0. The van der Waals surface area contributed by atoms with Gasteiger partial charge in [0, 0.05) is 22.9 Å². The van der Waals surface area contributed by atoms with Crippen molar-refractivity contribution in [3.8, 4) is 5.75 Å². The number of anilines is 1. The van der Waals surface area contributed by atoms with E-state index < -0.39 is 11.4 Å². The van der Waals surface area contributed by atoms with Gasteiger partial charge >= 0.3 is 5.97 Å². The van der Waals surface area contributed by atoms with Gasteiger partial charge in [0.1, 0.15) is 5.75 Å². The number of carbonyl (C=O) groups is 2. The molecule has 3 N–H and O–H groups in total. The number of benzene rings is 1. The number of phenols is 1. The quantitative estimate of drug-likeness (QED) is 0.741. The third-order valence-corrected chi connectivity index (χ3v) is 3.62. The lowest BCUT2D eigenvalue weighted by atomic mass is 9.90. The highest BCUT2D eigenvalue weighted by Crippen LogP contribution is 2.56. The third-order valence-electron chi connectivity index (χ3n) is 3.31. The highest BCUT2D eigenvalue weighted by Gasteiger charge is 2.49. The van der Waals surface area contributed by atoms with Crippen LogP contribution in [0.2, 0.25) is 5.02 Å². The molecule has 1 saturated carbocycles. The second kappa shape index (κ2) is 4.74. The first-order chi connectivity index (χ1) is 8.85. The van der Waals surface area contributed by atoms with Crippen LogP contribution in [-0.4, -0.2) is 22.1 Å². The summed E-state index contributed by atoms with van der Waals surface area (Å²) in [7, 11) is 0. The van der Waals surface area contributed by atoms with Crippen LogP contribution in [0.5, 0.6) is 5.75 Å². The van der Waals surface area contributed by atoms with Gasteiger partial charge in [0.15, 0.2) is 0 Å². The van der Waals surface area contributed by atoms with E-state index in [1.807, 2.05) is 0 Å². The highest BCUT2D eigenvalue weighted by molar-refractivity contribution is 6.32. The maximum Gasteiger partial charge on any atom is 0.304 e. The molecule has 1 aromatic carbocycles. The zero-order valence-corrected chi connectivity index (χ0v) is 11.1. The average molecular weight is 284 g/mol. The predicted octanol–water partition coefficient (Wildman–Crippen LogP) is 2.51. The van der Waals surface area contributed by atoms with Crippen LogP contribution in [0, 0.1) is 0 Å². The van der Waals surface area contributed by atoms with Gasteiger partial charge in [-0.3, -0.25) is 9.59 Å². The molecule has 0 spiro atoms. The van der Waals surface area contributed by atoms with E-state index in [2.05, 4.69) is 5.32 Å². The molecule has 0 atom stereocenters. The van der Waals surface area contributed by atoms with Gasteiger partial charge in [0.2, 0.25) is 5.91 Å². The van der Waals surface area contributed by atoms with Crippen molar-refractivity contribution in [1.29, 1.82) is 0 Å². The molecule has 0 radical (unpaired) electrons. The first-order valence-corrected chi connectivity index (χ1v) is 6.25. The van der Waals surface area contributed by atoms with Gasteiger partial charge in [-0.15, -0.1) is 0 Å². The molecule has 1 aromatic rings. The Kier molecular flexibility index (Phi) is 3.41. The summed E-state index contributed by atoms with van der Waals surface area (Å²) in [4.78, 5) is 22.2. The van der Waals surface area contributed by atoms with Gasteiger partial charge in [0.05, 0.1) is 12.1 Å². The van der Waals surface area contributed by atoms with Crippen LogP contribution < -0.4 is 5.32 Å². The minimum atomic E-state index is -0.925. The van der Waals surface area contributed by atoms with E-state index in [9.17, 15) is 14.7 Å². The zero-order chi connectivity index (χ0) is 14.2. The Labute approximate surface area is 115 Å². The maximum absolute atomic E-state index is 11.2. The van der Waals surface area contributed by atoms with Crippen LogP contribution in [0.1, 0.15) is 31.7 Å². The van der Waals surface area contributed by atoms with Gasteiger partial charge in [0.25, 0.3) is 0 Å². The van der Waals surface area contributed by atoms with Gasteiger partial charge < -0.3 is 15.5 Å². The first-order valence-electron chi connectivity index (χ1n) is 5.87. The molecule has 2 rings (SSSR count). The molecule has 1 fully saturated rings. The summed E-state index contributed by atoms with van der Waals surface area (Å²) >= 11 is 6.14. The van der Waals surface area contributed by atoms with Crippen LogP contribution in [0.25, 0.3) is 0 Å². The van der Waals surface area contributed by atoms with Crippen LogP contribution in [0.3, 0.4) is 0 Å². The molecule has 0 saturated heterocycles. The van der Waals surface area contributed by atoms with E-state index in [0.717, 1.165) is 0 Å². The summed E-state index contributed by atoms with van der Waals surface area (Å²) in [5, 5.41) is 21.8. The Morgan fingerprint density at radius 3 is 2.53 bits per heavy atom. The van der Waals surface area contributed by atoms with E-state index >= 15 is 0 Å². The number of aromatic hydroxyl groups is 1. The molecule has 6 heteroatoms. The van der Waals surface area contributed by atoms with Crippen molar-refractivity contribution >= 4 is 29.2 Å². The number of hydrogen-bond acceptors (Lipinski definition) is 3. The van der Waals surface area contributed by atoms with Crippen molar-refractivity contribution in [3.63, 3.8) is 0 Å². The number of aliphatic carboxylic acids is 1. The molecule has 0 aliphatic heterocycles. The number of amides is 1. The van der Waals surface area contributed by atoms with Crippen LogP contribution in [-0.2, 0) is 15.0 Å². The van der Waals surface area contributed by atoms with E-state index in [-0.39, 0.29) is 23.8 Å². The fourth-order valence-corrected chi connectivity index (χ4v) is 2.70. The SMILES string of the molecule is CC(=O)Nc1c(O)ccc(Cl)c1C1(CC(=O)O)CC1. The second-order valence-corrected chi connectivity index (χ2v) is 5.26. The van der Waals surface area contributed by atoms with E-state index in [1.54, 1.807) is 0 Å². The molecule has 5 nitrogen and oxygen atoms in total. The van der Waals surface area contributed by atoms with Gasteiger partial charge in [-0.2, -0.15) is 0 Å². The Morgan fingerprint density at radius 2 is 2.05 bits per heavy atom. The van der Waals surface area contributed by atoms with Gasteiger partial charge in [-0.25, -0.2) is 0 Å². The minimum absolute atomic E-state index is 0.0667. The van der Waals surface area contributed by atoms with Crippen molar-refractivity contribution in [2.75, 3.05) is 5.32 Å². The van der Waals surface area contributed by atoms with Crippen LogP contribution in [0.15, 0.2) is 12.1 Å². The zero-order valence-electron chi connectivity index (χ0n) is 10.4. The number of halogens is 1. The van der Waals surface area contributed by atoms with Crippen molar-refractivity contribution in [1.82, 2.24) is 0 Å². The minimum Gasteiger partial charge on any atom is -0.506 e. The Bertz CT molecular complexity index is 552. The number of carbonyl (C=O) groups excluding carboxylic acids is 1. The lowest BCUT2D eigenvalue weighted by molar-refractivity contribution is -0.137. The number of carboxylic acid groups (broad SMARTS) is 1. The molecule has 19 heavy (non-hydrogen) atoms. The number of phenolic OH excluding ortho intramolecular Hbond substituents is 1. The number of carboxylic acids is 1.